The summed E-state index contributed by atoms with van der Waals surface area (Å²) in [7, 11) is 0. The first-order chi connectivity index (χ1) is 9.19. The molecular formula is C12H13Cl2NO4S. The molecule has 1 aromatic carbocycles. The summed E-state index contributed by atoms with van der Waals surface area (Å²) in [6.45, 7) is 0.654. The largest absolute Gasteiger partial charge is 0.479 e. The number of hydrogen-bond acceptors (Lipinski definition) is 4. The van der Waals surface area contributed by atoms with Gasteiger partial charge in [-0.3, -0.25) is 4.79 Å². The average Bonchev–Trinajstić information content (AvgIpc) is 2.36. The summed E-state index contributed by atoms with van der Waals surface area (Å²) >= 11 is 13.2. The molecule has 0 spiro atoms. The van der Waals surface area contributed by atoms with Gasteiger partial charge in [-0.15, -0.1) is 11.8 Å². The van der Waals surface area contributed by atoms with Crippen molar-refractivity contribution in [3.8, 4) is 0 Å². The Morgan fingerprint density at radius 2 is 1.95 bits per heavy atom. The maximum absolute atomic E-state index is 12.0. The summed E-state index contributed by atoms with van der Waals surface area (Å²) in [5, 5.41) is 21.2. The minimum absolute atomic E-state index is 0.153. The third-order valence-corrected chi connectivity index (χ3v) is 4.06. The van der Waals surface area contributed by atoms with Crippen molar-refractivity contribution in [3.63, 3.8) is 0 Å². The second kappa shape index (κ2) is 6.67. The molecule has 1 atom stereocenters. The monoisotopic (exact) mass is 337 g/mol. The van der Waals surface area contributed by atoms with Crippen LogP contribution in [0.2, 0.25) is 10.0 Å². The Labute approximate surface area is 130 Å². The molecule has 1 aromatic rings. The fourth-order valence-electron chi connectivity index (χ4n) is 1.28. The summed E-state index contributed by atoms with van der Waals surface area (Å²) in [5.74, 6) is -2.01. The third-order valence-electron chi connectivity index (χ3n) is 2.54. The van der Waals surface area contributed by atoms with E-state index in [1.165, 1.54) is 23.9 Å². The zero-order valence-corrected chi connectivity index (χ0v) is 13.1. The van der Waals surface area contributed by atoms with Gasteiger partial charge in [0.2, 0.25) is 0 Å². The molecule has 0 saturated heterocycles. The Bertz CT molecular complexity index is 549. The van der Waals surface area contributed by atoms with Crippen molar-refractivity contribution in [2.45, 2.75) is 17.4 Å². The number of carbonyl (C=O) groups is 2. The number of nitrogens with one attached hydrogen (secondary N) is 1. The number of aliphatic hydroxyl groups is 1. The number of hydrogen-bond donors (Lipinski definition) is 3. The van der Waals surface area contributed by atoms with Crippen LogP contribution in [0.15, 0.2) is 17.0 Å². The van der Waals surface area contributed by atoms with Gasteiger partial charge in [0, 0.05) is 4.90 Å². The molecule has 5 nitrogen and oxygen atoms in total. The van der Waals surface area contributed by atoms with Crippen LogP contribution >= 0.6 is 35.0 Å². The standard InChI is InChI=1S/C12H13Cl2NO4S/c1-12(19,11(17)18)5-15-10(16)6-3-9(20-2)8(14)4-7(6)13/h3-4,19H,5H2,1-2H3,(H,15,16)(H,17,18). The van der Waals surface area contributed by atoms with Gasteiger partial charge < -0.3 is 15.5 Å². The summed E-state index contributed by atoms with van der Waals surface area (Å²) in [5.41, 5.74) is -1.88. The first-order valence-corrected chi connectivity index (χ1v) is 7.44. The fraction of sp³-hybridized carbons (Fsp3) is 0.333. The van der Waals surface area contributed by atoms with Crippen LogP contribution in [0, 0.1) is 0 Å². The van der Waals surface area contributed by atoms with E-state index < -0.39 is 24.0 Å². The van der Waals surface area contributed by atoms with Crippen LogP contribution in [0.1, 0.15) is 17.3 Å². The number of benzene rings is 1. The summed E-state index contributed by atoms with van der Waals surface area (Å²) in [6.07, 6.45) is 1.80. The summed E-state index contributed by atoms with van der Waals surface area (Å²) in [4.78, 5) is 23.4. The molecular weight excluding hydrogens is 325 g/mol. The van der Waals surface area contributed by atoms with Crippen molar-refractivity contribution >= 4 is 46.8 Å². The molecule has 110 valence electrons. The maximum atomic E-state index is 12.0. The van der Waals surface area contributed by atoms with E-state index in [2.05, 4.69) is 5.32 Å². The number of carboxylic acids is 1. The molecule has 0 aliphatic carbocycles. The predicted molar refractivity (Wildman–Crippen MR) is 78.8 cm³/mol. The number of halogens is 2. The number of amides is 1. The highest BCUT2D eigenvalue weighted by atomic mass is 35.5. The SMILES string of the molecule is CSc1cc(C(=O)NCC(C)(O)C(=O)O)c(Cl)cc1Cl. The molecule has 0 saturated carbocycles. The number of carboxylic acid groups (broad SMARTS) is 1. The molecule has 0 aliphatic rings. The normalized spacial score (nSPS) is 13.7. The van der Waals surface area contributed by atoms with Gasteiger partial charge in [0.25, 0.3) is 5.91 Å². The summed E-state index contributed by atoms with van der Waals surface area (Å²) < 4.78 is 0. The lowest BCUT2D eigenvalue weighted by molar-refractivity contribution is -0.155. The van der Waals surface area contributed by atoms with Crippen LogP contribution < -0.4 is 5.32 Å². The van der Waals surface area contributed by atoms with Crippen molar-refractivity contribution in [2.24, 2.45) is 0 Å². The van der Waals surface area contributed by atoms with Crippen LogP contribution in [0.3, 0.4) is 0 Å². The highest BCUT2D eigenvalue weighted by Crippen LogP contribution is 2.31. The highest BCUT2D eigenvalue weighted by molar-refractivity contribution is 7.98. The zero-order valence-electron chi connectivity index (χ0n) is 10.7. The molecule has 0 heterocycles. The molecule has 0 fully saturated rings. The van der Waals surface area contributed by atoms with E-state index in [-0.39, 0.29) is 10.6 Å². The molecule has 0 aromatic heterocycles. The van der Waals surface area contributed by atoms with E-state index in [0.717, 1.165) is 6.92 Å². The van der Waals surface area contributed by atoms with Crippen molar-refractivity contribution in [3.05, 3.63) is 27.7 Å². The number of carbonyl (C=O) groups excluding carboxylic acids is 1. The fourth-order valence-corrected chi connectivity index (χ4v) is 2.47. The smallest absolute Gasteiger partial charge is 0.337 e. The van der Waals surface area contributed by atoms with E-state index in [1.54, 1.807) is 6.26 Å². The molecule has 8 heteroatoms. The lowest BCUT2D eigenvalue weighted by Crippen LogP contribution is -2.46. The number of aliphatic carboxylic acids is 1. The van der Waals surface area contributed by atoms with Gasteiger partial charge in [-0.25, -0.2) is 4.79 Å². The van der Waals surface area contributed by atoms with Crippen molar-refractivity contribution < 1.29 is 19.8 Å². The van der Waals surface area contributed by atoms with Gasteiger partial charge in [-0.2, -0.15) is 0 Å². The van der Waals surface area contributed by atoms with Crippen molar-refractivity contribution in [1.29, 1.82) is 0 Å². The average molecular weight is 338 g/mol. The Hall–Kier alpha value is -0.950. The highest BCUT2D eigenvalue weighted by Gasteiger charge is 2.30. The van der Waals surface area contributed by atoms with Crippen LogP contribution in [0.5, 0.6) is 0 Å². The molecule has 3 N–H and O–H groups in total. The molecule has 1 rings (SSSR count). The van der Waals surface area contributed by atoms with Crippen LogP contribution in [-0.4, -0.2) is 40.5 Å². The van der Waals surface area contributed by atoms with Gasteiger partial charge in [0.05, 0.1) is 22.2 Å². The Kier molecular flexibility index (Phi) is 5.70. The van der Waals surface area contributed by atoms with Gasteiger partial charge >= 0.3 is 5.97 Å². The van der Waals surface area contributed by atoms with E-state index in [1.807, 2.05) is 0 Å². The van der Waals surface area contributed by atoms with E-state index in [0.29, 0.717) is 9.92 Å². The lowest BCUT2D eigenvalue weighted by Gasteiger charge is -2.18. The van der Waals surface area contributed by atoms with Crippen LogP contribution in [-0.2, 0) is 4.79 Å². The van der Waals surface area contributed by atoms with E-state index in [4.69, 9.17) is 28.3 Å². The number of rotatable bonds is 5. The third kappa shape index (κ3) is 4.02. The minimum atomic E-state index is -2.04. The van der Waals surface area contributed by atoms with Gasteiger partial charge in [-0.1, -0.05) is 23.2 Å². The minimum Gasteiger partial charge on any atom is -0.479 e. The molecule has 0 bridgehead atoms. The quantitative estimate of drug-likeness (QED) is 0.717. The summed E-state index contributed by atoms with van der Waals surface area (Å²) in [6, 6.07) is 2.96. The van der Waals surface area contributed by atoms with E-state index in [9.17, 15) is 14.7 Å². The van der Waals surface area contributed by atoms with Crippen molar-refractivity contribution in [2.75, 3.05) is 12.8 Å². The molecule has 0 aliphatic heterocycles. The zero-order chi connectivity index (χ0) is 15.5. The van der Waals surface area contributed by atoms with Crippen LogP contribution in [0.25, 0.3) is 0 Å². The van der Waals surface area contributed by atoms with E-state index >= 15 is 0 Å². The number of thioether (sulfide) groups is 1. The second-order valence-electron chi connectivity index (χ2n) is 4.23. The first kappa shape index (κ1) is 17.1. The topological polar surface area (TPSA) is 86.6 Å². The molecule has 20 heavy (non-hydrogen) atoms. The van der Waals surface area contributed by atoms with Gasteiger partial charge in [0.1, 0.15) is 0 Å². The van der Waals surface area contributed by atoms with Gasteiger partial charge in [-0.05, 0) is 25.3 Å². The Balaban J connectivity index is 2.91. The second-order valence-corrected chi connectivity index (χ2v) is 5.89. The first-order valence-electron chi connectivity index (χ1n) is 5.46. The van der Waals surface area contributed by atoms with Gasteiger partial charge in [0.15, 0.2) is 5.60 Å². The van der Waals surface area contributed by atoms with Crippen LogP contribution in [0.4, 0.5) is 0 Å². The Morgan fingerprint density at radius 3 is 2.45 bits per heavy atom. The lowest BCUT2D eigenvalue weighted by atomic mass is 10.1. The predicted octanol–water partition coefficient (Wildman–Crippen LogP) is 2.28. The maximum Gasteiger partial charge on any atom is 0.337 e. The molecule has 1 unspecified atom stereocenters. The Morgan fingerprint density at radius 1 is 1.35 bits per heavy atom. The molecule has 0 radical (unpaired) electrons. The van der Waals surface area contributed by atoms with Crippen molar-refractivity contribution in [1.82, 2.24) is 5.32 Å². The molecule has 1 amide bonds.